The summed E-state index contributed by atoms with van der Waals surface area (Å²) in [5.74, 6) is 0.954. The Labute approximate surface area is 93.2 Å². The van der Waals surface area contributed by atoms with E-state index in [4.69, 9.17) is 0 Å². The molecule has 1 rings (SSSR count). The van der Waals surface area contributed by atoms with Crippen LogP contribution >= 0.6 is 0 Å². The van der Waals surface area contributed by atoms with Gasteiger partial charge >= 0.3 is 0 Å². The Kier molecular flexibility index (Phi) is 4.14. The zero-order valence-corrected chi connectivity index (χ0v) is 10.5. The smallest absolute Gasteiger partial charge is 0.224 e. The van der Waals surface area contributed by atoms with Crippen LogP contribution in [-0.4, -0.2) is 36.0 Å². The molecule has 1 amide bonds. The third kappa shape index (κ3) is 3.49. The Morgan fingerprint density at radius 1 is 1.47 bits per heavy atom. The first-order valence-electron chi connectivity index (χ1n) is 5.94. The molecule has 3 nitrogen and oxygen atoms in total. The van der Waals surface area contributed by atoms with Crippen LogP contribution in [0, 0.1) is 5.92 Å². The molecule has 0 saturated carbocycles. The van der Waals surface area contributed by atoms with E-state index in [0.29, 0.717) is 18.2 Å². The molecule has 0 aliphatic carbocycles. The summed E-state index contributed by atoms with van der Waals surface area (Å²) < 4.78 is 0. The van der Waals surface area contributed by atoms with Gasteiger partial charge in [0.1, 0.15) is 0 Å². The maximum absolute atomic E-state index is 11.9. The van der Waals surface area contributed by atoms with E-state index >= 15 is 0 Å². The Hall–Kier alpha value is -0.570. The molecule has 15 heavy (non-hydrogen) atoms. The van der Waals surface area contributed by atoms with Gasteiger partial charge in [0.2, 0.25) is 5.91 Å². The van der Waals surface area contributed by atoms with Crippen LogP contribution in [-0.2, 0) is 4.79 Å². The van der Waals surface area contributed by atoms with E-state index in [1.807, 2.05) is 4.90 Å². The Morgan fingerprint density at radius 2 is 2.13 bits per heavy atom. The molecule has 3 heteroatoms. The van der Waals surface area contributed by atoms with Gasteiger partial charge in [-0.3, -0.25) is 4.79 Å². The molecule has 0 aromatic carbocycles. The van der Waals surface area contributed by atoms with Gasteiger partial charge in [0, 0.05) is 31.6 Å². The zero-order valence-electron chi connectivity index (χ0n) is 10.5. The molecule has 1 heterocycles. The highest BCUT2D eigenvalue weighted by Crippen LogP contribution is 2.18. The zero-order chi connectivity index (χ0) is 11.5. The van der Waals surface area contributed by atoms with Crippen molar-refractivity contribution in [3.8, 4) is 0 Å². The van der Waals surface area contributed by atoms with Crippen LogP contribution in [0.25, 0.3) is 0 Å². The summed E-state index contributed by atoms with van der Waals surface area (Å²) in [5, 5.41) is 3.32. The van der Waals surface area contributed by atoms with Crippen LogP contribution in [0.1, 0.15) is 40.5 Å². The van der Waals surface area contributed by atoms with Crippen molar-refractivity contribution in [3.05, 3.63) is 0 Å². The van der Waals surface area contributed by atoms with E-state index in [1.54, 1.807) is 0 Å². The minimum atomic E-state index is -0.0392. The first kappa shape index (κ1) is 12.5. The lowest BCUT2D eigenvalue weighted by Gasteiger charge is -2.37. The first-order valence-corrected chi connectivity index (χ1v) is 5.94. The molecule has 1 fully saturated rings. The third-order valence-corrected chi connectivity index (χ3v) is 3.04. The van der Waals surface area contributed by atoms with E-state index in [-0.39, 0.29) is 5.54 Å². The van der Waals surface area contributed by atoms with Gasteiger partial charge < -0.3 is 10.2 Å². The van der Waals surface area contributed by atoms with Crippen molar-refractivity contribution in [1.29, 1.82) is 0 Å². The van der Waals surface area contributed by atoms with Crippen LogP contribution in [0.2, 0.25) is 0 Å². The molecule has 0 bridgehead atoms. The number of nitrogens with one attached hydrogen (secondary N) is 1. The molecule has 0 unspecified atom stereocenters. The summed E-state index contributed by atoms with van der Waals surface area (Å²) in [6.45, 7) is 11.3. The monoisotopic (exact) mass is 212 g/mol. The Balaban J connectivity index is 2.65. The first-order chi connectivity index (χ1) is 6.93. The lowest BCUT2D eigenvalue weighted by molar-refractivity contribution is -0.135. The molecule has 88 valence electrons. The molecule has 0 aromatic rings. The molecule has 0 radical (unpaired) electrons. The molecule has 1 N–H and O–H groups in total. The lowest BCUT2D eigenvalue weighted by atomic mass is 10.0. The number of carbonyl (C=O) groups is 1. The number of hydrogen-bond donors (Lipinski definition) is 1. The Bertz CT molecular complexity index is 224. The molecule has 0 aromatic heterocycles. The second-order valence-electron chi connectivity index (χ2n) is 5.47. The summed E-state index contributed by atoms with van der Waals surface area (Å²) in [5.41, 5.74) is -0.0392. The molecule has 1 aliphatic rings. The van der Waals surface area contributed by atoms with Crippen molar-refractivity contribution >= 4 is 5.91 Å². The second kappa shape index (κ2) is 4.97. The van der Waals surface area contributed by atoms with Crippen molar-refractivity contribution in [2.24, 2.45) is 5.92 Å². The summed E-state index contributed by atoms with van der Waals surface area (Å²) in [4.78, 5) is 14.0. The standard InChI is InChI=1S/C12H24N2O/c1-10(2)6-8-14-11(15)5-7-13-9-12(14,3)4/h10,13H,5-9H2,1-4H3. The van der Waals surface area contributed by atoms with Gasteiger partial charge in [-0.15, -0.1) is 0 Å². The molecule has 1 saturated heterocycles. The summed E-state index contributed by atoms with van der Waals surface area (Å²) >= 11 is 0. The van der Waals surface area contributed by atoms with Crippen molar-refractivity contribution in [2.75, 3.05) is 19.6 Å². The Morgan fingerprint density at radius 3 is 2.73 bits per heavy atom. The average Bonchev–Trinajstić information content (AvgIpc) is 2.22. The molecular weight excluding hydrogens is 188 g/mol. The van der Waals surface area contributed by atoms with Crippen molar-refractivity contribution in [3.63, 3.8) is 0 Å². The fourth-order valence-electron chi connectivity index (χ4n) is 1.97. The molecule has 0 spiro atoms. The minimum Gasteiger partial charge on any atom is -0.336 e. The highest BCUT2D eigenvalue weighted by Gasteiger charge is 2.32. The lowest BCUT2D eigenvalue weighted by Crippen LogP contribution is -2.51. The number of nitrogens with zero attached hydrogens (tertiary/aromatic N) is 1. The van der Waals surface area contributed by atoms with Crippen molar-refractivity contribution < 1.29 is 4.79 Å². The van der Waals surface area contributed by atoms with Crippen LogP contribution in [0.15, 0.2) is 0 Å². The van der Waals surface area contributed by atoms with Gasteiger partial charge in [-0.1, -0.05) is 13.8 Å². The number of amides is 1. The van der Waals surface area contributed by atoms with Crippen LogP contribution in [0.4, 0.5) is 0 Å². The summed E-state index contributed by atoms with van der Waals surface area (Å²) in [6, 6.07) is 0. The van der Waals surface area contributed by atoms with Crippen molar-refractivity contribution in [1.82, 2.24) is 10.2 Å². The van der Waals surface area contributed by atoms with Gasteiger partial charge in [-0.25, -0.2) is 0 Å². The second-order valence-corrected chi connectivity index (χ2v) is 5.47. The topological polar surface area (TPSA) is 32.3 Å². The molecule has 1 aliphatic heterocycles. The SMILES string of the molecule is CC(C)CCN1C(=O)CCNCC1(C)C. The van der Waals surface area contributed by atoms with E-state index < -0.39 is 0 Å². The summed E-state index contributed by atoms with van der Waals surface area (Å²) in [7, 11) is 0. The molecular formula is C12H24N2O. The van der Waals surface area contributed by atoms with Crippen molar-refractivity contribution in [2.45, 2.75) is 46.1 Å². The highest BCUT2D eigenvalue weighted by molar-refractivity contribution is 5.77. The maximum atomic E-state index is 11.9. The van der Waals surface area contributed by atoms with Gasteiger partial charge in [0.05, 0.1) is 0 Å². The maximum Gasteiger partial charge on any atom is 0.224 e. The highest BCUT2D eigenvalue weighted by atomic mass is 16.2. The normalized spacial score (nSPS) is 21.9. The van der Waals surface area contributed by atoms with Gasteiger partial charge in [-0.05, 0) is 26.2 Å². The van der Waals surface area contributed by atoms with E-state index in [9.17, 15) is 4.79 Å². The summed E-state index contributed by atoms with van der Waals surface area (Å²) in [6.07, 6.45) is 1.73. The number of hydrogen-bond acceptors (Lipinski definition) is 2. The number of rotatable bonds is 3. The van der Waals surface area contributed by atoms with Gasteiger partial charge in [0.15, 0.2) is 0 Å². The predicted molar refractivity (Wildman–Crippen MR) is 62.7 cm³/mol. The number of carbonyl (C=O) groups excluding carboxylic acids is 1. The van der Waals surface area contributed by atoms with Crippen LogP contribution in [0.5, 0.6) is 0 Å². The van der Waals surface area contributed by atoms with E-state index in [0.717, 1.165) is 26.1 Å². The van der Waals surface area contributed by atoms with Gasteiger partial charge in [0.25, 0.3) is 0 Å². The molecule has 0 atom stereocenters. The van der Waals surface area contributed by atoms with Crippen LogP contribution in [0.3, 0.4) is 0 Å². The average molecular weight is 212 g/mol. The third-order valence-electron chi connectivity index (χ3n) is 3.04. The quantitative estimate of drug-likeness (QED) is 0.771. The van der Waals surface area contributed by atoms with Gasteiger partial charge in [-0.2, -0.15) is 0 Å². The predicted octanol–water partition coefficient (Wildman–Crippen LogP) is 1.63. The van der Waals surface area contributed by atoms with E-state index in [1.165, 1.54) is 0 Å². The van der Waals surface area contributed by atoms with E-state index in [2.05, 4.69) is 33.0 Å². The fraction of sp³-hybridized carbons (Fsp3) is 0.917. The van der Waals surface area contributed by atoms with Crippen LogP contribution < -0.4 is 5.32 Å². The minimum absolute atomic E-state index is 0.0392. The fourth-order valence-corrected chi connectivity index (χ4v) is 1.97. The largest absolute Gasteiger partial charge is 0.336 e.